The van der Waals surface area contributed by atoms with Crippen molar-refractivity contribution in [2.75, 3.05) is 31.6 Å². The summed E-state index contributed by atoms with van der Waals surface area (Å²) in [6.45, 7) is 10.4. The number of hydrogen-bond donors (Lipinski definition) is 2. The van der Waals surface area contributed by atoms with E-state index in [0.29, 0.717) is 12.5 Å². The Morgan fingerprint density at radius 2 is 1.89 bits per heavy atom. The first-order valence-electron chi connectivity index (χ1n) is 12.8. The SMILES string of the molecule is CC(C)(C)OC(=O)NCc1cccc(-c2csc3cnc(Nc4ccc(CN5CCOCC5)cc4)nc23)c1. The lowest BCUT2D eigenvalue weighted by Crippen LogP contribution is -2.35. The van der Waals surface area contributed by atoms with Crippen molar-refractivity contribution >= 4 is 39.3 Å². The summed E-state index contributed by atoms with van der Waals surface area (Å²) in [5.41, 5.74) is 5.65. The number of anilines is 2. The summed E-state index contributed by atoms with van der Waals surface area (Å²) in [5, 5.41) is 8.27. The number of fused-ring (bicyclic) bond motifs is 1. The summed E-state index contributed by atoms with van der Waals surface area (Å²) in [6.07, 6.45) is 1.43. The van der Waals surface area contributed by atoms with Crippen molar-refractivity contribution in [3.05, 3.63) is 71.2 Å². The molecule has 38 heavy (non-hydrogen) atoms. The van der Waals surface area contributed by atoms with E-state index < -0.39 is 11.7 Å². The summed E-state index contributed by atoms with van der Waals surface area (Å²) < 4.78 is 11.8. The van der Waals surface area contributed by atoms with E-state index in [1.54, 1.807) is 11.3 Å². The molecule has 3 heterocycles. The van der Waals surface area contributed by atoms with Gasteiger partial charge in [0.2, 0.25) is 5.95 Å². The molecule has 2 aromatic heterocycles. The number of nitrogens with zero attached hydrogens (tertiary/aromatic N) is 3. The Hall–Kier alpha value is -3.53. The molecule has 0 bridgehead atoms. The zero-order chi connectivity index (χ0) is 26.5. The van der Waals surface area contributed by atoms with Crippen LogP contribution in [0.1, 0.15) is 31.9 Å². The maximum absolute atomic E-state index is 12.1. The molecule has 1 aliphatic rings. The Morgan fingerprint density at radius 1 is 1.11 bits per heavy atom. The third-order valence-electron chi connectivity index (χ3n) is 6.11. The van der Waals surface area contributed by atoms with Crippen LogP contribution in [0.3, 0.4) is 0 Å². The zero-order valence-corrected chi connectivity index (χ0v) is 22.8. The number of thiophene rings is 1. The van der Waals surface area contributed by atoms with Crippen LogP contribution in [0.5, 0.6) is 0 Å². The molecule has 0 spiro atoms. The Morgan fingerprint density at radius 3 is 2.66 bits per heavy atom. The fourth-order valence-corrected chi connectivity index (χ4v) is 5.14. The van der Waals surface area contributed by atoms with Crippen LogP contribution in [0.15, 0.2) is 60.1 Å². The highest BCUT2D eigenvalue weighted by molar-refractivity contribution is 7.17. The lowest BCUT2D eigenvalue weighted by molar-refractivity contribution is 0.0342. The molecule has 1 saturated heterocycles. The summed E-state index contributed by atoms with van der Waals surface area (Å²) in [7, 11) is 0. The molecular weight excluding hydrogens is 498 g/mol. The van der Waals surface area contributed by atoms with E-state index in [1.165, 1.54) is 5.56 Å². The third-order valence-corrected chi connectivity index (χ3v) is 7.01. The van der Waals surface area contributed by atoms with Gasteiger partial charge in [-0.1, -0.05) is 30.3 Å². The van der Waals surface area contributed by atoms with Crippen LogP contribution in [0.25, 0.3) is 21.3 Å². The second kappa shape index (κ2) is 11.5. The zero-order valence-electron chi connectivity index (χ0n) is 22.0. The van der Waals surface area contributed by atoms with E-state index in [9.17, 15) is 4.79 Å². The largest absolute Gasteiger partial charge is 0.444 e. The molecule has 2 aromatic carbocycles. The van der Waals surface area contributed by atoms with E-state index in [0.717, 1.165) is 65.4 Å². The second-order valence-electron chi connectivity index (χ2n) is 10.3. The highest BCUT2D eigenvalue weighted by atomic mass is 32.1. The summed E-state index contributed by atoms with van der Waals surface area (Å²) in [4.78, 5) is 23.8. The van der Waals surface area contributed by atoms with Gasteiger partial charge in [-0.3, -0.25) is 4.90 Å². The normalized spacial score (nSPS) is 14.4. The first-order valence-corrected chi connectivity index (χ1v) is 13.7. The van der Waals surface area contributed by atoms with Gasteiger partial charge in [-0.15, -0.1) is 11.3 Å². The molecule has 1 aliphatic heterocycles. The van der Waals surface area contributed by atoms with Crippen LogP contribution < -0.4 is 10.6 Å². The number of amides is 1. The molecule has 1 fully saturated rings. The quantitative estimate of drug-likeness (QED) is 0.304. The van der Waals surface area contributed by atoms with E-state index in [4.69, 9.17) is 14.5 Å². The first kappa shape index (κ1) is 26.1. The summed E-state index contributed by atoms with van der Waals surface area (Å²) in [6, 6.07) is 16.5. The van der Waals surface area contributed by atoms with Crippen molar-refractivity contribution in [2.45, 2.75) is 39.5 Å². The number of morpholine rings is 1. The van der Waals surface area contributed by atoms with Crippen LogP contribution >= 0.6 is 11.3 Å². The number of carbonyl (C=O) groups is 1. The van der Waals surface area contributed by atoms with Gasteiger partial charge in [-0.05, 0) is 55.7 Å². The monoisotopic (exact) mass is 531 g/mol. The standard InChI is InChI=1S/C29H33N5O3S/c1-29(2,3)37-28(35)31-16-21-5-4-6-22(15-21)24-19-38-25-17-30-27(33-26(24)25)32-23-9-7-20(8-10-23)18-34-11-13-36-14-12-34/h4-10,15,17,19H,11-14,16,18H2,1-3H3,(H,31,35)(H,30,32,33). The number of rotatable bonds is 7. The molecule has 0 saturated carbocycles. The van der Waals surface area contributed by atoms with Crippen LogP contribution in [-0.2, 0) is 22.6 Å². The summed E-state index contributed by atoms with van der Waals surface area (Å²) in [5.74, 6) is 0.556. The topological polar surface area (TPSA) is 88.6 Å². The Bertz CT molecular complexity index is 1390. The molecule has 0 radical (unpaired) electrons. The maximum Gasteiger partial charge on any atom is 0.407 e. The highest BCUT2D eigenvalue weighted by Gasteiger charge is 2.16. The van der Waals surface area contributed by atoms with Crippen LogP contribution in [0.2, 0.25) is 0 Å². The minimum atomic E-state index is -0.530. The Kier molecular flexibility index (Phi) is 7.87. The van der Waals surface area contributed by atoms with Gasteiger partial charge in [0, 0.05) is 42.8 Å². The lowest BCUT2D eigenvalue weighted by Gasteiger charge is -2.26. The van der Waals surface area contributed by atoms with Gasteiger partial charge in [0.1, 0.15) is 5.60 Å². The summed E-state index contributed by atoms with van der Waals surface area (Å²) >= 11 is 1.62. The number of aromatic nitrogens is 2. The van der Waals surface area contributed by atoms with E-state index >= 15 is 0 Å². The van der Waals surface area contributed by atoms with Gasteiger partial charge >= 0.3 is 6.09 Å². The minimum absolute atomic E-state index is 0.383. The van der Waals surface area contributed by atoms with E-state index in [1.807, 2.05) is 39.1 Å². The Labute approximate surface area is 227 Å². The average molecular weight is 532 g/mol. The van der Waals surface area contributed by atoms with Gasteiger partial charge in [0.05, 0.1) is 29.6 Å². The minimum Gasteiger partial charge on any atom is -0.444 e. The van der Waals surface area contributed by atoms with Crippen molar-refractivity contribution in [3.63, 3.8) is 0 Å². The van der Waals surface area contributed by atoms with Crippen molar-refractivity contribution in [3.8, 4) is 11.1 Å². The number of ether oxygens (including phenoxy) is 2. The van der Waals surface area contributed by atoms with Crippen molar-refractivity contribution in [1.29, 1.82) is 0 Å². The van der Waals surface area contributed by atoms with Crippen LogP contribution in [-0.4, -0.2) is 52.9 Å². The fourth-order valence-electron chi connectivity index (χ4n) is 4.27. The molecule has 0 unspecified atom stereocenters. The van der Waals surface area contributed by atoms with Crippen molar-refractivity contribution in [1.82, 2.24) is 20.2 Å². The number of benzene rings is 2. The van der Waals surface area contributed by atoms with Gasteiger partial charge in [-0.2, -0.15) is 0 Å². The molecule has 1 amide bonds. The maximum atomic E-state index is 12.1. The number of carbonyl (C=O) groups excluding carboxylic acids is 1. The van der Waals surface area contributed by atoms with Crippen LogP contribution in [0, 0.1) is 0 Å². The Balaban J connectivity index is 1.27. The molecule has 0 aliphatic carbocycles. The van der Waals surface area contributed by atoms with E-state index in [2.05, 4.69) is 62.3 Å². The van der Waals surface area contributed by atoms with Gasteiger partial charge in [-0.25, -0.2) is 14.8 Å². The number of nitrogens with one attached hydrogen (secondary N) is 2. The predicted octanol–water partition coefficient (Wildman–Crippen LogP) is 5.96. The average Bonchev–Trinajstić information content (AvgIpc) is 3.32. The van der Waals surface area contributed by atoms with Crippen LogP contribution in [0.4, 0.5) is 16.4 Å². The van der Waals surface area contributed by atoms with Gasteiger partial charge in [0.15, 0.2) is 0 Å². The molecule has 4 aromatic rings. The first-order chi connectivity index (χ1) is 18.3. The predicted molar refractivity (Wildman–Crippen MR) is 152 cm³/mol. The molecule has 2 N–H and O–H groups in total. The van der Waals surface area contributed by atoms with Gasteiger partial charge < -0.3 is 20.1 Å². The molecule has 198 valence electrons. The van der Waals surface area contributed by atoms with Crippen molar-refractivity contribution in [2.24, 2.45) is 0 Å². The lowest BCUT2D eigenvalue weighted by atomic mass is 10.0. The molecule has 8 nitrogen and oxygen atoms in total. The number of alkyl carbamates (subject to hydrolysis) is 1. The fraction of sp³-hybridized carbons (Fsp3) is 0.345. The van der Waals surface area contributed by atoms with Gasteiger partial charge in [0.25, 0.3) is 0 Å². The second-order valence-corrected chi connectivity index (χ2v) is 11.2. The third kappa shape index (κ3) is 6.86. The highest BCUT2D eigenvalue weighted by Crippen LogP contribution is 2.33. The number of hydrogen-bond acceptors (Lipinski definition) is 8. The molecule has 0 atom stereocenters. The van der Waals surface area contributed by atoms with E-state index in [-0.39, 0.29) is 0 Å². The molecule has 5 rings (SSSR count). The molecular formula is C29H33N5O3S. The van der Waals surface area contributed by atoms with Crippen molar-refractivity contribution < 1.29 is 14.3 Å². The molecule has 9 heteroatoms. The smallest absolute Gasteiger partial charge is 0.407 e.